The number of hydrogen-bond acceptors (Lipinski definition) is 5. The molecule has 0 aromatic heterocycles. The summed E-state index contributed by atoms with van der Waals surface area (Å²) < 4.78 is 27.0. The number of hydrogen-bond donors (Lipinski definition) is 1. The number of nitrogens with one attached hydrogen (secondary N) is 1. The summed E-state index contributed by atoms with van der Waals surface area (Å²) in [5.74, 6) is 0.697. The third-order valence-electron chi connectivity index (χ3n) is 2.80. The molecule has 0 saturated carbocycles. The fourth-order valence-corrected chi connectivity index (χ4v) is 3.26. The van der Waals surface area contributed by atoms with Crippen molar-refractivity contribution in [3.63, 3.8) is 0 Å². The van der Waals surface area contributed by atoms with Crippen molar-refractivity contribution in [3.8, 4) is 0 Å². The molecule has 0 spiro atoms. The van der Waals surface area contributed by atoms with Crippen molar-refractivity contribution in [2.45, 2.75) is 44.6 Å². The lowest BCUT2D eigenvalue weighted by Crippen LogP contribution is -2.41. The van der Waals surface area contributed by atoms with Crippen LogP contribution in [0.2, 0.25) is 0 Å². The third-order valence-corrected chi connectivity index (χ3v) is 4.33. The van der Waals surface area contributed by atoms with Gasteiger partial charge in [-0.05, 0) is 44.6 Å². The predicted molar refractivity (Wildman–Crippen MR) is 94.6 cm³/mol. The average molecular weight is 360 g/mol. The molecule has 0 bridgehead atoms. The van der Waals surface area contributed by atoms with Gasteiger partial charge < -0.3 is 5.32 Å². The summed E-state index contributed by atoms with van der Waals surface area (Å²) in [4.78, 5) is 13.5. The number of carbonyl (C=O) groups is 1. The van der Waals surface area contributed by atoms with Gasteiger partial charge in [-0.1, -0.05) is 19.1 Å². The second kappa shape index (κ2) is 8.17. The predicted octanol–water partition coefficient (Wildman–Crippen LogP) is 2.85. The number of carbonyl (C=O) groups excluding carboxylic acids is 1. The highest BCUT2D eigenvalue weighted by Gasteiger charge is 2.21. The molecule has 1 aromatic carbocycles. The lowest BCUT2D eigenvalue weighted by molar-refractivity contribution is 0.0915. The third kappa shape index (κ3) is 7.37. The normalized spacial score (nSPS) is 12.2. The van der Waals surface area contributed by atoms with E-state index in [0.29, 0.717) is 12.0 Å². The van der Waals surface area contributed by atoms with Crippen molar-refractivity contribution in [1.29, 1.82) is 0 Å². The molecule has 1 N–H and O–H groups in total. The summed E-state index contributed by atoms with van der Waals surface area (Å²) in [6.45, 7) is 7.82. The van der Waals surface area contributed by atoms with E-state index in [1.165, 1.54) is 0 Å². The Morgan fingerprint density at radius 1 is 1.30 bits per heavy atom. The monoisotopic (exact) mass is 359 g/mol. The van der Waals surface area contributed by atoms with Crippen LogP contribution in [-0.2, 0) is 20.7 Å². The highest BCUT2D eigenvalue weighted by molar-refractivity contribution is 7.99. The van der Waals surface area contributed by atoms with Crippen LogP contribution in [0.15, 0.2) is 23.1 Å². The minimum atomic E-state index is -3.48. The molecule has 7 heteroatoms. The van der Waals surface area contributed by atoms with E-state index in [1.54, 1.807) is 11.8 Å². The largest absolute Gasteiger partial charge is 0.347 e. The zero-order chi connectivity index (χ0) is 17.7. The summed E-state index contributed by atoms with van der Waals surface area (Å²) in [6.07, 6.45) is 1.38. The quantitative estimate of drug-likeness (QED) is 0.599. The lowest BCUT2D eigenvalue weighted by atomic mass is 10.0. The Morgan fingerprint density at radius 2 is 1.96 bits per heavy atom. The molecule has 1 amide bonds. The zero-order valence-electron chi connectivity index (χ0n) is 14.3. The molecule has 0 unspecified atom stereocenters. The molecule has 5 nitrogen and oxygen atoms in total. The van der Waals surface area contributed by atoms with E-state index in [-0.39, 0.29) is 18.1 Å². The van der Waals surface area contributed by atoms with Gasteiger partial charge in [-0.2, -0.15) is 8.42 Å². The highest BCUT2D eigenvalue weighted by Crippen LogP contribution is 2.26. The van der Waals surface area contributed by atoms with Crippen LogP contribution in [0, 0.1) is 0 Å². The molecule has 1 aromatic rings. The van der Waals surface area contributed by atoms with Crippen LogP contribution in [0.25, 0.3) is 0 Å². The van der Waals surface area contributed by atoms with E-state index < -0.39 is 10.1 Å². The van der Waals surface area contributed by atoms with Crippen LogP contribution in [0.3, 0.4) is 0 Å². The first kappa shape index (κ1) is 20.0. The van der Waals surface area contributed by atoms with Gasteiger partial charge in [0.25, 0.3) is 16.0 Å². The smallest absolute Gasteiger partial charge is 0.264 e. The molecule has 0 atom stereocenters. The molecular weight excluding hydrogens is 334 g/mol. The van der Waals surface area contributed by atoms with Gasteiger partial charge in [0.1, 0.15) is 0 Å². The summed E-state index contributed by atoms with van der Waals surface area (Å²) in [5, 5.41) is 2.97. The van der Waals surface area contributed by atoms with E-state index >= 15 is 0 Å². The van der Waals surface area contributed by atoms with Gasteiger partial charge in [0, 0.05) is 10.4 Å². The number of rotatable bonds is 7. The Labute approximate surface area is 143 Å². The molecule has 23 heavy (non-hydrogen) atoms. The van der Waals surface area contributed by atoms with E-state index in [9.17, 15) is 13.2 Å². The fourth-order valence-electron chi connectivity index (χ4n) is 2.02. The maximum Gasteiger partial charge on any atom is 0.264 e. The maximum atomic E-state index is 12.7. The van der Waals surface area contributed by atoms with Crippen molar-refractivity contribution in [2.75, 3.05) is 18.6 Å². The summed E-state index contributed by atoms with van der Waals surface area (Å²) in [6, 6.07) is 5.62. The molecule has 0 saturated heterocycles. The van der Waals surface area contributed by atoms with Crippen LogP contribution in [0.4, 0.5) is 0 Å². The Morgan fingerprint density at radius 3 is 2.48 bits per heavy atom. The standard InChI is InChI=1S/C16H25NO4S2/c1-6-22-13-9-7-8-12(10-11-21-23(5,19)20)14(13)15(18)17-16(2,3)4/h7-9H,6,10-11H2,1-5H3,(H,17,18). The molecule has 0 fully saturated rings. The first-order valence-corrected chi connectivity index (χ1v) is 10.3. The highest BCUT2D eigenvalue weighted by atomic mass is 32.2. The van der Waals surface area contributed by atoms with Crippen LogP contribution in [-0.4, -0.2) is 38.5 Å². The van der Waals surface area contributed by atoms with Crippen LogP contribution < -0.4 is 5.32 Å². The number of thioether (sulfide) groups is 1. The summed E-state index contributed by atoms with van der Waals surface area (Å²) in [7, 11) is -3.48. The first-order chi connectivity index (χ1) is 10.5. The first-order valence-electron chi connectivity index (χ1n) is 7.45. The fraction of sp³-hybridized carbons (Fsp3) is 0.562. The van der Waals surface area contributed by atoms with E-state index in [1.807, 2.05) is 45.9 Å². The van der Waals surface area contributed by atoms with Crippen LogP contribution in [0.1, 0.15) is 43.6 Å². The Balaban J connectivity index is 3.09. The SMILES string of the molecule is CCSc1cccc(CCOS(C)(=O)=O)c1C(=O)NC(C)(C)C. The topological polar surface area (TPSA) is 72.5 Å². The van der Waals surface area contributed by atoms with Gasteiger partial charge >= 0.3 is 0 Å². The number of benzene rings is 1. The lowest BCUT2D eigenvalue weighted by Gasteiger charge is -2.23. The van der Waals surface area contributed by atoms with E-state index in [4.69, 9.17) is 4.18 Å². The van der Waals surface area contributed by atoms with Gasteiger partial charge in [0.2, 0.25) is 0 Å². The minimum absolute atomic E-state index is 0.0227. The molecule has 0 aliphatic carbocycles. The summed E-state index contributed by atoms with van der Waals surface area (Å²) in [5.41, 5.74) is 1.04. The molecule has 0 radical (unpaired) electrons. The van der Waals surface area contributed by atoms with Gasteiger partial charge in [-0.25, -0.2) is 0 Å². The summed E-state index contributed by atoms with van der Waals surface area (Å²) >= 11 is 1.59. The second-order valence-corrected chi connectivity index (χ2v) is 9.15. The van der Waals surface area contributed by atoms with E-state index in [2.05, 4.69) is 5.32 Å². The molecule has 0 aliphatic heterocycles. The van der Waals surface area contributed by atoms with Crippen molar-refractivity contribution in [1.82, 2.24) is 5.32 Å². The Kier molecular flexibility index (Phi) is 7.10. The van der Waals surface area contributed by atoms with Gasteiger partial charge in [0.05, 0.1) is 18.4 Å². The Bertz CT molecular complexity index is 649. The minimum Gasteiger partial charge on any atom is -0.347 e. The molecule has 0 aliphatic rings. The van der Waals surface area contributed by atoms with Crippen molar-refractivity contribution >= 4 is 27.8 Å². The zero-order valence-corrected chi connectivity index (χ0v) is 15.9. The van der Waals surface area contributed by atoms with Crippen molar-refractivity contribution in [3.05, 3.63) is 29.3 Å². The van der Waals surface area contributed by atoms with Gasteiger partial charge in [-0.15, -0.1) is 11.8 Å². The molecule has 1 rings (SSSR count). The Hall–Kier alpha value is -1.05. The van der Waals surface area contributed by atoms with E-state index in [0.717, 1.165) is 22.5 Å². The van der Waals surface area contributed by atoms with Gasteiger partial charge in [-0.3, -0.25) is 8.98 Å². The second-order valence-electron chi connectivity index (χ2n) is 6.20. The molecule has 130 valence electrons. The van der Waals surface area contributed by atoms with Gasteiger partial charge in [0.15, 0.2) is 0 Å². The number of amides is 1. The van der Waals surface area contributed by atoms with Crippen LogP contribution in [0.5, 0.6) is 0 Å². The molecule has 0 heterocycles. The maximum absolute atomic E-state index is 12.7. The average Bonchev–Trinajstić information content (AvgIpc) is 2.35. The molecular formula is C16H25NO4S2. The van der Waals surface area contributed by atoms with Crippen molar-refractivity contribution in [2.24, 2.45) is 0 Å². The van der Waals surface area contributed by atoms with Crippen LogP contribution >= 0.6 is 11.8 Å². The van der Waals surface area contributed by atoms with Crippen molar-refractivity contribution < 1.29 is 17.4 Å².